The molecule has 1 heterocycles. The molecular formula is C8H13BO3. The van der Waals surface area contributed by atoms with Gasteiger partial charge in [-0.1, -0.05) is 0 Å². The second-order valence-electron chi connectivity index (χ2n) is 2.80. The zero-order valence-electron chi connectivity index (χ0n) is 7.61. The molecule has 0 fully saturated rings. The number of ether oxygens (including phenoxy) is 3. The summed E-state index contributed by atoms with van der Waals surface area (Å²) in [5.41, 5.74) is 0.360. The van der Waals surface area contributed by atoms with Gasteiger partial charge in [0.1, 0.15) is 6.10 Å². The second-order valence-corrected chi connectivity index (χ2v) is 2.80. The fraction of sp³-hybridized carbons (Fsp3) is 0.750. The van der Waals surface area contributed by atoms with E-state index >= 15 is 0 Å². The molecule has 1 aliphatic rings. The van der Waals surface area contributed by atoms with Crippen LogP contribution in [0.1, 0.15) is 13.8 Å². The first-order valence-electron chi connectivity index (χ1n) is 3.95. The van der Waals surface area contributed by atoms with E-state index < -0.39 is 0 Å². The molecule has 1 aliphatic heterocycles. The van der Waals surface area contributed by atoms with Crippen molar-refractivity contribution in [3.8, 4) is 0 Å². The second kappa shape index (κ2) is 3.96. The summed E-state index contributed by atoms with van der Waals surface area (Å²) in [7, 11) is 7.15. The van der Waals surface area contributed by atoms with E-state index in [1.165, 1.54) is 0 Å². The summed E-state index contributed by atoms with van der Waals surface area (Å²) >= 11 is 0. The molecule has 0 bridgehead atoms. The summed E-state index contributed by atoms with van der Waals surface area (Å²) in [6.07, 6.45) is 1.24. The fourth-order valence-electron chi connectivity index (χ4n) is 1.20. The number of hydrogen-bond donors (Lipinski definition) is 0. The lowest BCUT2D eigenvalue weighted by molar-refractivity contribution is -0.141. The highest BCUT2D eigenvalue weighted by molar-refractivity contribution is 6.20. The summed E-state index contributed by atoms with van der Waals surface area (Å²) in [5.74, 6) is 0. The Balaban J connectivity index is 2.69. The molecule has 0 saturated heterocycles. The molecule has 4 heteroatoms. The first-order chi connectivity index (χ1) is 5.63. The molecule has 2 radical (unpaired) electrons. The summed E-state index contributed by atoms with van der Waals surface area (Å²) in [6, 6.07) is 0. The Labute approximate surface area is 74.1 Å². The third-order valence-electron chi connectivity index (χ3n) is 1.77. The fourth-order valence-corrected chi connectivity index (χ4v) is 1.20. The normalized spacial score (nSPS) is 36.6. The van der Waals surface area contributed by atoms with Gasteiger partial charge in [-0.25, -0.2) is 0 Å². The molecule has 12 heavy (non-hydrogen) atoms. The van der Waals surface area contributed by atoms with Gasteiger partial charge in [0.15, 0.2) is 14.1 Å². The van der Waals surface area contributed by atoms with Gasteiger partial charge < -0.3 is 14.2 Å². The van der Waals surface area contributed by atoms with Gasteiger partial charge in [0.25, 0.3) is 0 Å². The van der Waals surface area contributed by atoms with E-state index in [-0.39, 0.29) is 18.5 Å². The lowest BCUT2D eigenvalue weighted by Crippen LogP contribution is -2.27. The maximum Gasteiger partial charge on any atom is 0.195 e. The van der Waals surface area contributed by atoms with Crippen molar-refractivity contribution in [1.29, 1.82) is 0 Å². The minimum absolute atomic E-state index is 0.0361. The van der Waals surface area contributed by atoms with Crippen molar-refractivity contribution in [3.05, 3.63) is 11.7 Å². The van der Waals surface area contributed by atoms with E-state index in [4.69, 9.17) is 22.1 Å². The van der Waals surface area contributed by atoms with Crippen LogP contribution in [0, 0.1) is 0 Å². The molecule has 3 nitrogen and oxygen atoms in total. The van der Waals surface area contributed by atoms with E-state index in [0.29, 0.717) is 5.66 Å². The van der Waals surface area contributed by atoms with Crippen molar-refractivity contribution < 1.29 is 14.2 Å². The zero-order valence-corrected chi connectivity index (χ0v) is 7.61. The van der Waals surface area contributed by atoms with E-state index in [9.17, 15) is 0 Å². The molecule has 0 N–H and O–H groups in total. The van der Waals surface area contributed by atoms with Crippen LogP contribution < -0.4 is 0 Å². The van der Waals surface area contributed by atoms with Crippen LogP contribution >= 0.6 is 0 Å². The Morgan fingerprint density at radius 1 is 1.50 bits per heavy atom. The Hall–Kier alpha value is -0.475. The monoisotopic (exact) mass is 168 g/mol. The lowest BCUT2D eigenvalue weighted by atomic mass is 10.0. The van der Waals surface area contributed by atoms with Crippen LogP contribution in [0.25, 0.3) is 0 Å². The third-order valence-corrected chi connectivity index (χ3v) is 1.77. The molecule has 3 atom stereocenters. The van der Waals surface area contributed by atoms with Gasteiger partial charge in [0.2, 0.25) is 0 Å². The average Bonchev–Trinajstić information content (AvgIpc) is 2.09. The molecular weight excluding hydrogens is 155 g/mol. The first-order valence-corrected chi connectivity index (χ1v) is 3.95. The van der Waals surface area contributed by atoms with Crippen LogP contribution in [0.2, 0.25) is 0 Å². The van der Waals surface area contributed by atoms with Gasteiger partial charge in [-0.2, -0.15) is 0 Å². The van der Waals surface area contributed by atoms with Crippen molar-refractivity contribution in [2.45, 2.75) is 32.3 Å². The third kappa shape index (κ3) is 2.25. The van der Waals surface area contributed by atoms with Gasteiger partial charge in [-0.3, -0.25) is 0 Å². The number of rotatable bonds is 1. The van der Waals surface area contributed by atoms with Crippen LogP contribution in [0.15, 0.2) is 11.7 Å². The van der Waals surface area contributed by atoms with Crippen LogP contribution in [0.4, 0.5) is 0 Å². The largest absolute Gasteiger partial charge is 0.482 e. The SMILES string of the molecule is [B]C1=CC(OC)C(C)OC(C)O1. The van der Waals surface area contributed by atoms with Crippen LogP contribution in [-0.4, -0.2) is 33.5 Å². The molecule has 3 unspecified atom stereocenters. The van der Waals surface area contributed by atoms with Crippen molar-refractivity contribution >= 4 is 7.85 Å². The van der Waals surface area contributed by atoms with Gasteiger partial charge in [-0.15, -0.1) is 0 Å². The highest BCUT2D eigenvalue weighted by Crippen LogP contribution is 2.15. The minimum atomic E-state index is -0.309. The highest BCUT2D eigenvalue weighted by Gasteiger charge is 2.22. The smallest absolute Gasteiger partial charge is 0.195 e. The number of methoxy groups -OCH3 is 1. The van der Waals surface area contributed by atoms with Gasteiger partial charge in [-0.05, 0) is 19.9 Å². The van der Waals surface area contributed by atoms with Gasteiger partial charge >= 0.3 is 0 Å². The Morgan fingerprint density at radius 3 is 2.75 bits per heavy atom. The minimum Gasteiger partial charge on any atom is -0.482 e. The molecule has 0 aromatic carbocycles. The van der Waals surface area contributed by atoms with Crippen LogP contribution in [0.5, 0.6) is 0 Å². The quantitative estimate of drug-likeness (QED) is 0.541. The molecule has 0 aromatic heterocycles. The maximum atomic E-state index is 5.53. The summed E-state index contributed by atoms with van der Waals surface area (Å²) < 4.78 is 15.7. The van der Waals surface area contributed by atoms with E-state index in [0.717, 1.165) is 0 Å². The molecule has 0 aromatic rings. The standard InChI is InChI=1S/C8H13BO3/c1-5-7(10-3)4-8(9)12-6(2)11-5/h4-7H,1-3H3. The topological polar surface area (TPSA) is 27.7 Å². The molecule has 0 aliphatic carbocycles. The molecule has 1 rings (SSSR count). The van der Waals surface area contributed by atoms with Crippen molar-refractivity contribution in [3.63, 3.8) is 0 Å². The summed E-state index contributed by atoms with van der Waals surface area (Å²) in [5, 5.41) is 0. The molecule has 0 amide bonds. The van der Waals surface area contributed by atoms with Gasteiger partial charge in [0.05, 0.1) is 6.10 Å². The Kier molecular flexibility index (Phi) is 3.17. The zero-order chi connectivity index (χ0) is 9.14. The molecule has 0 saturated carbocycles. The summed E-state index contributed by atoms with van der Waals surface area (Å²) in [4.78, 5) is 0. The number of hydrogen-bond acceptors (Lipinski definition) is 3. The van der Waals surface area contributed by atoms with Crippen molar-refractivity contribution in [2.75, 3.05) is 7.11 Å². The van der Waals surface area contributed by atoms with Crippen molar-refractivity contribution in [1.82, 2.24) is 0 Å². The molecule has 0 spiro atoms. The average molecular weight is 168 g/mol. The van der Waals surface area contributed by atoms with E-state index in [1.807, 2.05) is 6.92 Å². The Morgan fingerprint density at radius 2 is 2.17 bits per heavy atom. The van der Waals surface area contributed by atoms with E-state index in [2.05, 4.69) is 0 Å². The molecule has 66 valence electrons. The first kappa shape index (κ1) is 9.61. The van der Waals surface area contributed by atoms with Crippen molar-refractivity contribution in [2.24, 2.45) is 0 Å². The lowest BCUT2D eigenvalue weighted by Gasteiger charge is -2.19. The van der Waals surface area contributed by atoms with Crippen LogP contribution in [-0.2, 0) is 14.2 Å². The maximum absolute atomic E-state index is 5.53. The predicted octanol–water partition coefficient (Wildman–Crippen LogP) is 0.793. The summed E-state index contributed by atoms with van der Waals surface area (Å²) in [6.45, 7) is 3.72. The van der Waals surface area contributed by atoms with E-state index in [1.54, 1.807) is 20.1 Å². The van der Waals surface area contributed by atoms with Gasteiger partial charge in [0, 0.05) is 12.8 Å². The Bertz CT molecular complexity index is 181. The highest BCUT2D eigenvalue weighted by atomic mass is 16.7. The van der Waals surface area contributed by atoms with Crippen LogP contribution in [0.3, 0.4) is 0 Å². The predicted molar refractivity (Wildman–Crippen MR) is 45.7 cm³/mol.